The summed E-state index contributed by atoms with van der Waals surface area (Å²) >= 11 is 0. The Hall–Kier alpha value is -3.09. The fourth-order valence-electron chi connectivity index (χ4n) is 2.83. The zero-order chi connectivity index (χ0) is 18.2. The van der Waals surface area contributed by atoms with Crippen molar-refractivity contribution in [3.63, 3.8) is 0 Å². The van der Waals surface area contributed by atoms with Crippen molar-refractivity contribution in [2.45, 2.75) is 32.8 Å². The summed E-state index contributed by atoms with van der Waals surface area (Å²) in [6, 6.07) is 8.54. The number of benzene rings is 1. The summed E-state index contributed by atoms with van der Waals surface area (Å²) in [5, 5.41) is 0. The lowest BCUT2D eigenvalue weighted by molar-refractivity contribution is -0.140. The maximum absolute atomic E-state index is 12.5. The van der Waals surface area contributed by atoms with Gasteiger partial charge in [-0.3, -0.25) is 20.4 Å². The van der Waals surface area contributed by atoms with Gasteiger partial charge in [-0.25, -0.2) is 4.79 Å². The predicted molar refractivity (Wildman–Crippen MR) is 87.8 cm³/mol. The Kier molecular flexibility index (Phi) is 4.08. The van der Waals surface area contributed by atoms with Crippen LogP contribution in [-0.2, 0) is 16.0 Å². The highest BCUT2D eigenvalue weighted by Gasteiger charge is 2.42. The Labute approximate surface area is 144 Å². The normalized spacial score (nSPS) is 18.9. The zero-order valence-electron chi connectivity index (χ0n) is 14.1. The number of carbonyl (C=O) groups is 3. The van der Waals surface area contributed by atoms with Crippen molar-refractivity contribution in [2.24, 2.45) is 0 Å². The van der Waals surface area contributed by atoms with Gasteiger partial charge in [0, 0.05) is 6.42 Å². The van der Waals surface area contributed by atoms with Crippen LogP contribution in [0.5, 0.6) is 0 Å². The van der Waals surface area contributed by atoms with Crippen molar-refractivity contribution in [2.75, 3.05) is 0 Å². The highest BCUT2D eigenvalue weighted by molar-refractivity contribution is 5.99. The second-order valence-corrected chi connectivity index (χ2v) is 6.19. The smallest absolute Gasteiger partial charge is 0.339 e. The fraction of sp³-hybridized carbons (Fsp3) is 0.278. The topological polar surface area (TPSA) is 97.6 Å². The molecule has 1 aromatic carbocycles. The van der Waals surface area contributed by atoms with Gasteiger partial charge in [-0.05, 0) is 38.5 Å². The number of fused-ring (bicyclic) bond motifs is 1. The first kappa shape index (κ1) is 16.8. The van der Waals surface area contributed by atoms with E-state index >= 15 is 0 Å². The predicted octanol–water partition coefficient (Wildman–Crippen LogP) is 1.83. The van der Waals surface area contributed by atoms with Crippen LogP contribution in [0.3, 0.4) is 0 Å². The molecule has 25 heavy (non-hydrogen) atoms. The zero-order valence-corrected chi connectivity index (χ0v) is 14.1. The number of ether oxygens (including phenoxy) is 1. The van der Waals surface area contributed by atoms with Crippen LogP contribution < -0.4 is 10.9 Å². The van der Waals surface area contributed by atoms with Crippen molar-refractivity contribution < 1.29 is 23.5 Å². The first-order chi connectivity index (χ1) is 11.8. The third-order valence-electron chi connectivity index (χ3n) is 4.14. The van der Waals surface area contributed by atoms with Gasteiger partial charge in [0.05, 0.1) is 11.1 Å². The van der Waals surface area contributed by atoms with E-state index in [1.807, 2.05) is 0 Å². The summed E-state index contributed by atoms with van der Waals surface area (Å²) in [4.78, 5) is 36.7. The molecule has 7 heteroatoms. The number of rotatable bonds is 2. The number of esters is 1. The van der Waals surface area contributed by atoms with Gasteiger partial charge in [-0.1, -0.05) is 18.2 Å². The molecule has 0 radical (unpaired) electrons. The van der Waals surface area contributed by atoms with E-state index in [9.17, 15) is 14.4 Å². The maximum atomic E-state index is 12.5. The minimum absolute atomic E-state index is 0.223. The van der Waals surface area contributed by atoms with Gasteiger partial charge in [0.2, 0.25) is 0 Å². The van der Waals surface area contributed by atoms with Crippen LogP contribution in [0, 0.1) is 13.8 Å². The number of furan rings is 1. The van der Waals surface area contributed by atoms with E-state index in [2.05, 4.69) is 10.9 Å². The number of hydrazine groups is 1. The number of cyclic esters (lactones) is 1. The van der Waals surface area contributed by atoms with E-state index < -0.39 is 23.4 Å². The Morgan fingerprint density at radius 3 is 2.56 bits per heavy atom. The highest BCUT2D eigenvalue weighted by Crippen LogP contribution is 2.28. The lowest BCUT2D eigenvalue weighted by Crippen LogP contribution is -2.56. The molecule has 3 rings (SSSR count). The third-order valence-corrected chi connectivity index (χ3v) is 4.14. The Balaban J connectivity index is 1.70. The van der Waals surface area contributed by atoms with Crippen LogP contribution in [0.15, 0.2) is 34.7 Å². The minimum Gasteiger partial charge on any atom is -0.466 e. The van der Waals surface area contributed by atoms with E-state index in [4.69, 9.17) is 9.15 Å². The lowest BCUT2D eigenvalue weighted by atomic mass is 9.89. The van der Waals surface area contributed by atoms with Gasteiger partial charge < -0.3 is 9.15 Å². The van der Waals surface area contributed by atoms with Gasteiger partial charge in [-0.15, -0.1) is 0 Å². The van der Waals surface area contributed by atoms with Crippen molar-refractivity contribution in [3.8, 4) is 0 Å². The van der Waals surface area contributed by atoms with Crippen molar-refractivity contribution in [3.05, 3.63) is 58.5 Å². The quantitative estimate of drug-likeness (QED) is 0.641. The number of amides is 2. The van der Waals surface area contributed by atoms with Crippen LogP contribution in [-0.4, -0.2) is 23.4 Å². The molecule has 2 amide bonds. The fourth-order valence-corrected chi connectivity index (χ4v) is 2.83. The van der Waals surface area contributed by atoms with Crippen molar-refractivity contribution in [1.29, 1.82) is 0 Å². The summed E-state index contributed by atoms with van der Waals surface area (Å²) in [6.07, 6.45) is 0.223. The number of hydrogen-bond donors (Lipinski definition) is 2. The first-order valence-electron chi connectivity index (χ1n) is 7.79. The molecule has 0 fully saturated rings. The maximum Gasteiger partial charge on any atom is 0.339 e. The monoisotopic (exact) mass is 342 g/mol. The number of hydrogen-bond acceptors (Lipinski definition) is 5. The molecule has 0 aliphatic carbocycles. The van der Waals surface area contributed by atoms with Gasteiger partial charge in [0.15, 0.2) is 5.60 Å². The molecule has 130 valence electrons. The van der Waals surface area contributed by atoms with E-state index in [-0.39, 0.29) is 6.42 Å². The SMILES string of the molecule is Cc1cc(C(=O)NNC(=O)C2(C)Cc3ccccc3C(=O)O2)c(C)o1. The summed E-state index contributed by atoms with van der Waals surface area (Å²) in [7, 11) is 0. The minimum atomic E-state index is -1.40. The molecular formula is C18H18N2O5. The van der Waals surface area contributed by atoms with Gasteiger partial charge >= 0.3 is 5.97 Å². The average Bonchev–Trinajstić information content (AvgIpc) is 2.90. The molecule has 1 unspecified atom stereocenters. The molecule has 0 saturated carbocycles. The van der Waals surface area contributed by atoms with Gasteiger partial charge in [-0.2, -0.15) is 0 Å². The standard InChI is InChI=1S/C18H18N2O5/c1-10-8-14(11(2)24-10)15(21)19-20-17(23)18(3)9-12-6-4-5-7-13(12)16(22)25-18/h4-8H,9H2,1-3H3,(H,19,21)(H,20,23). The molecule has 1 aromatic heterocycles. The van der Waals surface area contributed by atoms with E-state index in [1.165, 1.54) is 6.92 Å². The first-order valence-corrected chi connectivity index (χ1v) is 7.79. The van der Waals surface area contributed by atoms with Gasteiger partial charge in [0.1, 0.15) is 11.5 Å². The molecule has 1 aliphatic heterocycles. The van der Waals surface area contributed by atoms with Crippen LogP contribution in [0.4, 0.5) is 0 Å². The van der Waals surface area contributed by atoms with Crippen LogP contribution in [0.2, 0.25) is 0 Å². The van der Waals surface area contributed by atoms with Crippen molar-refractivity contribution >= 4 is 17.8 Å². The second kappa shape index (κ2) is 6.08. The summed E-state index contributed by atoms with van der Waals surface area (Å²) < 4.78 is 10.6. The Bertz CT molecular complexity index is 870. The molecule has 2 heterocycles. The number of nitrogens with one attached hydrogen (secondary N) is 2. The molecule has 1 atom stereocenters. The number of carbonyl (C=O) groups excluding carboxylic acids is 3. The largest absolute Gasteiger partial charge is 0.466 e. The molecule has 0 saturated heterocycles. The van der Waals surface area contributed by atoms with E-state index in [0.717, 1.165) is 5.56 Å². The van der Waals surface area contributed by atoms with Crippen LogP contribution in [0.1, 0.15) is 44.7 Å². The summed E-state index contributed by atoms with van der Waals surface area (Å²) in [6.45, 7) is 4.89. The highest BCUT2D eigenvalue weighted by atomic mass is 16.6. The molecule has 0 spiro atoms. The third kappa shape index (κ3) is 3.13. The average molecular weight is 342 g/mol. The molecular weight excluding hydrogens is 324 g/mol. The summed E-state index contributed by atoms with van der Waals surface area (Å²) in [5.74, 6) is -0.630. The Morgan fingerprint density at radius 1 is 1.16 bits per heavy atom. The number of aryl methyl sites for hydroxylation is 2. The summed E-state index contributed by atoms with van der Waals surface area (Å²) in [5.41, 5.74) is 4.74. The molecule has 7 nitrogen and oxygen atoms in total. The van der Waals surface area contributed by atoms with Crippen molar-refractivity contribution in [1.82, 2.24) is 10.9 Å². The lowest BCUT2D eigenvalue weighted by Gasteiger charge is -2.32. The molecule has 1 aliphatic rings. The van der Waals surface area contributed by atoms with E-state index in [1.54, 1.807) is 44.2 Å². The van der Waals surface area contributed by atoms with Gasteiger partial charge in [0.25, 0.3) is 11.8 Å². The molecule has 0 bridgehead atoms. The molecule has 2 N–H and O–H groups in total. The Morgan fingerprint density at radius 2 is 1.88 bits per heavy atom. The second-order valence-electron chi connectivity index (χ2n) is 6.19. The van der Waals surface area contributed by atoms with Crippen LogP contribution >= 0.6 is 0 Å². The van der Waals surface area contributed by atoms with Crippen LogP contribution in [0.25, 0.3) is 0 Å². The van der Waals surface area contributed by atoms with E-state index in [0.29, 0.717) is 22.6 Å². The molecule has 2 aromatic rings.